The summed E-state index contributed by atoms with van der Waals surface area (Å²) in [5.74, 6) is 1.85. The molecular weight excluding hydrogens is 301 g/mol. The molecule has 2 aliphatic rings. The summed E-state index contributed by atoms with van der Waals surface area (Å²) in [7, 11) is 0. The SMILES string of the molecule is Ic1cnc(N(CC2CC2)C2CC2)nc1. The maximum atomic E-state index is 4.43. The minimum atomic E-state index is 0.727. The molecule has 0 radical (unpaired) electrons. The molecule has 80 valence electrons. The van der Waals surface area contributed by atoms with Gasteiger partial charge in [0.1, 0.15) is 0 Å². The van der Waals surface area contributed by atoms with E-state index in [1.165, 1.54) is 32.2 Å². The van der Waals surface area contributed by atoms with Crippen LogP contribution < -0.4 is 4.90 Å². The number of anilines is 1. The second-order valence-electron chi connectivity index (χ2n) is 4.53. The van der Waals surface area contributed by atoms with Crippen molar-refractivity contribution >= 4 is 28.5 Å². The number of hydrogen-bond donors (Lipinski definition) is 0. The van der Waals surface area contributed by atoms with Gasteiger partial charge < -0.3 is 4.90 Å². The lowest BCUT2D eigenvalue weighted by Crippen LogP contribution is -2.29. The van der Waals surface area contributed by atoms with Gasteiger partial charge in [-0.2, -0.15) is 0 Å². The molecule has 1 heterocycles. The van der Waals surface area contributed by atoms with Crippen molar-refractivity contribution in [1.82, 2.24) is 9.97 Å². The summed E-state index contributed by atoms with van der Waals surface area (Å²) in [4.78, 5) is 11.3. The molecule has 3 nitrogen and oxygen atoms in total. The second-order valence-corrected chi connectivity index (χ2v) is 5.77. The Labute approximate surface area is 103 Å². The summed E-state index contributed by atoms with van der Waals surface area (Å²) in [6.45, 7) is 1.17. The Morgan fingerprint density at radius 3 is 2.40 bits per heavy atom. The van der Waals surface area contributed by atoms with Crippen LogP contribution in [0.4, 0.5) is 5.95 Å². The smallest absolute Gasteiger partial charge is 0.225 e. The fraction of sp³-hybridized carbons (Fsp3) is 0.636. The van der Waals surface area contributed by atoms with Crippen LogP contribution in [0.2, 0.25) is 0 Å². The zero-order valence-electron chi connectivity index (χ0n) is 8.56. The lowest BCUT2D eigenvalue weighted by atomic mass is 10.3. The van der Waals surface area contributed by atoms with Crippen LogP contribution in [-0.2, 0) is 0 Å². The topological polar surface area (TPSA) is 29.0 Å². The van der Waals surface area contributed by atoms with E-state index in [0.29, 0.717) is 0 Å². The van der Waals surface area contributed by atoms with Crippen LogP contribution in [0.15, 0.2) is 12.4 Å². The largest absolute Gasteiger partial charge is 0.338 e. The fourth-order valence-electron chi connectivity index (χ4n) is 1.81. The number of halogens is 1. The molecule has 0 N–H and O–H groups in total. The van der Waals surface area contributed by atoms with E-state index in [0.717, 1.165) is 21.5 Å². The highest BCUT2D eigenvalue weighted by Crippen LogP contribution is 2.36. The van der Waals surface area contributed by atoms with Gasteiger partial charge in [-0.3, -0.25) is 0 Å². The minimum absolute atomic E-state index is 0.727. The van der Waals surface area contributed by atoms with Crippen molar-refractivity contribution in [1.29, 1.82) is 0 Å². The summed E-state index contributed by atoms with van der Waals surface area (Å²) in [5, 5.41) is 0. The standard InChI is InChI=1S/C11H14IN3/c12-9-5-13-11(14-6-9)15(10-3-4-10)7-8-1-2-8/h5-6,8,10H,1-4,7H2. The average Bonchev–Trinajstić information content (AvgIpc) is 3.10. The Hall–Kier alpha value is -0.390. The summed E-state index contributed by atoms with van der Waals surface area (Å²) in [6, 6.07) is 0.727. The van der Waals surface area contributed by atoms with E-state index in [2.05, 4.69) is 37.5 Å². The Morgan fingerprint density at radius 2 is 1.87 bits per heavy atom. The molecule has 1 aromatic rings. The highest BCUT2D eigenvalue weighted by atomic mass is 127. The van der Waals surface area contributed by atoms with Gasteiger partial charge in [0, 0.05) is 28.6 Å². The van der Waals surface area contributed by atoms with Gasteiger partial charge in [-0.1, -0.05) is 0 Å². The van der Waals surface area contributed by atoms with Crippen LogP contribution in [-0.4, -0.2) is 22.6 Å². The molecule has 0 aliphatic heterocycles. The van der Waals surface area contributed by atoms with Crippen LogP contribution in [0.3, 0.4) is 0 Å². The predicted octanol–water partition coefficient (Wildman–Crippen LogP) is 2.46. The molecule has 0 amide bonds. The highest BCUT2D eigenvalue weighted by molar-refractivity contribution is 14.1. The molecule has 0 saturated heterocycles. The minimum Gasteiger partial charge on any atom is -0.338 e. The molecule has 4 heteroatoms. The summed E-state index contributed by atoms with van der Waals surface area (Å²) in [5.41, 5.74) is 0. The summed E-state index contributed by atoms with van der Waals surface area (Å²) < 4.78 is 1.11. The van der Waals surface area contributed by atoms with Crippen LogP contribution >= 0.6 is 22.6 Å². The Morgan fingerprint density at radius 1 is 1.20 bits per heavy atom. The zero-order valence-corrected chi connectivity index (χ0v) is 10.7. The van der Waals surface area contributed by atoms with E-state index < -0.39 is 0 Å². The van der Waals surface area contributed by atoms with Crippen LogP contribution in [0.25, 0.3) is 0 Å². The lowest BCUT2D eigenvalue weighted by molar-refractivity contribution is 0.696. The van der Waals surface area contributed by atoms with E-state index >= 15 is 0 Å². The van der Waals surface area contributed by atoms with Gasteiger partial charge in [0.05, 0.1) is 0 Å². The van der Waals surface area contributed by atoms with Gasteiger partial charge in [0.2, 0.25) is 5.95 Å². The van der Waals surface area contributed by atoms with E-state index in [4.69, 9.17) is 0 Å². The Balaban J connectivity index is 1.77. The third-order valence-corrected chi connectivity index (χ3v) is 3.56. The Bertz CT molecular complexity index is 343. The highest BCUT2D eigenvalue weighted by Gasteiger charge is 2.34. The van der Waals surface area contributed by atoms with E-state index in [-0.39, 0.29) is 0 Å². The quantitative estimate of drug-likeness (QED) is 0.799. The average molecular weight is 315 g/mol. The summed E-state index contributed by atoms with van der Waals surface area (Å²) in [6.07, 6.45) is 9.25. The normalized spacial score (nSPS) is 20.3. The number of rotatable bonds is 4. The third kappa shape index (κ3) is 2.41. The van der Waals surface area contributed by atoms with Gasteiger partial charge >= 0.3 is 0 Å². The first-order valence-corrected chi connectivity index (χ1v) is 6.65. The van der Waals surface area contributed by atoms with Crippen molar-refractivity contribution in [3.05, 3.63) is 16.0 Å². The molecule has 0 spiro atoms. The number of hydrogen-bond acceptors (Lipinski definition) is 3. The van der Waals surface area contributed by atoms with Gasteiger partial charge in [0.15, 0.2) is 0 Å². The van der Waals surface area contributed by atoms with Gasteiger partial charge in [0.25, 0.3) is 0 Å². The number of nitrogens with zero attached hydrogens (tertiary/aromatic N) is 3. The molecule has 0 atom stereocenters. The molecular formula is C11H14IN3. The van der Waals surface area contributed by atoms with E-state index in [1.807, 2.05) is 12.4 Å². The molecule has 1 aromatic heterocycles. The molecule has 15 heavy (non-hydrogen) atoms. The van der Waals surface area contributed by atoms with Gasteiger partial charge in [-0.15, -0.1) is 0 Å². The molecule has 0 bridgehead atoms. The Kier molecular flexibility index (Phi) is 2.54. The first kappa shape index (κ1) is 9.81. The molecule has 0 aromatic carbocycles. The fourth-order valence-corrected chi connectivity index (χ4v) is 2.09. The lowest BCUT2D eigenvalue weighted by Gasteiger charge is -2.21. The summed E-state index contributed by atoms with van der Waals surface area (Å²) >= 11 is 2.25. The third-order valence-electron chi connectivity index (χ3n) is 3.00. The molecule has 2 saturated carbocycles. The van der Waals surface area contributed by atoms with Crippen LogP contribution in [0.5, 0.6) is 0 Å². The molecule has 2 aliphatic carbocycles. The van der Waals surface area contributed by atoms with E-state index in [9.17, 15) is 0 Å². The van der Waals surface area contributed by atoms with Crippen LogP contribution in [0.1, 0.15) is 25.7 Å². The number of aromatic nitrogens is 2. The van der Waals surface area contributed by atoms with Crippen molar-refractivity contribution in [3.8, 4) is 0 Å². The van der Waals surface area contributed by atoms with Crippen molar-refractivity contribution in [2.75, 3.05) is 11.4 Å². The van der Waals surface area contributed by atoms with Crippen LogP contribution in [0, 0.1) is 9.49 Å². The van der Waals surface area contributed by atoms with Crippen molar-refractivity contribution in [3.63, 3.8) is 0 Å². The monoisotopic (exact) mass is 315 g/mol. The maximum Gasteiger partial charge on any atom is 0.225 e. The second kappa shape index (κ2) is 3.88. The first-order chi connectivity index (χ1) is 7.33. The van der Waals surface area contributed by atoms with Crippen molar-refractivity contribution in [2.24, 2.45) is 5.92 Å². The maximum absolute atomic E-state index is 4.43. The molecule has 3 rings (SSSR count). The first-order valence-electron chi connectivity index (χ1n) is 5.57. The van der Waals surface area contributed by atoms with Gasteiger partial charge in [-0.25, -0.2) is 9.97 Å². The predicted molar refractivity (Wildman–Crippen MR) is 67.8 cm³/mol. The molecule has 0 unspecified atom stereocenters. The van der Waals surface area contributed by atoms with Crippen molar-refractivity contribution in [2.45, 2.75) is 31.7 Å². The zero-order chi connectivity index (χ0) is 10.3. The van der Waals surface area contributed by atoms with E-state index in [1.54, 1.807) is 0 Å². The molecule has 2 fully saturated rings. The van der Waals surface area contributed by atoms with Crippen molar-refractivity contribution < 1.29 is 0 Å². The van der Waals surface area contributed by atoms with Gasteiger partial charge in [-0.05, 0) is 54.2 Å².